The Balaban J connectivity index is 1.76. The van der Waals surface area contributed by atoms with Crippen LogP contribution in [0.2, 0.25) is 0 Å². The van der Waals surface area contributed by atoms with Gasteiger partial charge in [0.25, 0.3) is 0 Å². The number of nitrogens with zero attached hydrogens (tertiary/aromatic N) is 3. The minimum absolute atomic E-state index is 0.109. The first-order valence-electron chi connectivity index (χ1n) is 8.88. The smallest absolute Gasteiger partial charge is 0.243 e. The van der Waals surface area contributed by atoms with E-state index in [1.54, 1.807) is 6.20 Å². The molecule has 0 amide bonds. The average Bonchev–Trinajstić information content (AvgIpc) is 2.95. The van der Waals surface area contributed by atoms with Crippen molar-refractivity contribution in [2.75, 3.05) is 33.7 Å². The standard InChI is InChI=1S/C19H25FN4O2S/c1-23(2)12-16-13-24(11-15-6-5-9-21-10-15)14-18(16)22-27(25,26)19-8-4-3-7-17(19)20/h3-10,16,18,22H,11-14H2,1-2H3/t16-,18-/m1/s1. The molecular weight excluding hydrogens is 367 g/mol. The molecule has 0 saturated carbocycles. The Morgan fingerprint density at radius 2 is 2.00 bits per heavy atom. The Morgan fingerprint density at radius 1 is 1.22 bits per heavy atom. The molecule has 2 atom stereocenters. The minimum Gasteiger partial charge on any atom is -0.309 e. The van der Waals surface area contributed by atoms with Gasteiger partial charge in [0.15, 0.2) is 0 Å². The van der Waals surface area contributed by atoms with Gasteiger partial charge >= 0.3 is 0 Å². The third kappa shape index (κ3) is 5.10. The molecule has 1 aromatic heterocycles. The lowest BCUT2D eigenvalue weighted by atomic mass is 10.0. The lowest BCUT2D eigenvalue weighted by molar-refractivity contribution is 0.283. The van der Waals surface area contributed by atoms with Crippen LogP contribution in [-0.4, -0.2) is 63.0 Å². The molecule has 0 radical (unpaired) electrons. The quantitative estimate of drug-likeness (QED) is 0.775. The van der Waals surface area contributed by atoms with Gasteiger partial charge in [-0.1, -0.05) is 18.2 Å². The van der Waals surface area contributed by atoms with E-state index < -0.39 is 15.8 Å². The molecule has 2 aromatic rings. The fourth-order valence-corrected chi connectivity index (χ4v) is 4.93. The van der Waals surface area contributed by atoms with Crippen molar-refractivity contribution in [3.63, 3.8) is 0 Å². The second-order valence-electron chi connectivity index (χ2n) is 7.24. The van der Waals surface area contributed by atoms with Crippen LogP contribution < -0.4 is 4.72 Å². The molecule has 6 nitrogen and oxygen atoms in total. The fourth-order valence-electron chi connectivity index (χ4n) is 3.55. The number of rotatable bonds is 7. The van der Waals surface area contributed by atoms with E-state index in [0.717, 1.165) is 24.7 Å². The molecule has 3 rings (SSSR count). The second-order valence-corrected chi connectivity index (χ2v) is 8.92. The lowest BCUT2D eigenvalue weighted by Gasteiger charge is -2.23. The van der Waals surface area contributed by atoms with E-state index in [2.05, 4.69) is 14.6 Å². The third-order valence-electron chi connectivity index (χ3n) is 4.68. The monoisotopic (exact) mass is 392 g/mol. The SMILES string of the molecule is CN(C)C[C@@H]1CN(Cc2cccnc2)C[C@H]1NS(=O)(=O)c1ccccc1F. The molecule has 1 saturated heterocycles. The first kappa shape index (κ1) is 19.9. The number of pyridine rings is 1. The van der Waals surface area contributed by atoms with Crippen molar-refractivity contribution >= 4 is 10.0 Å². The zero-order chi connectivity index (χ0) is 19.4. The highest BCUT2D eigenvalue weighted by molar-refractivity contribution is 7.89. The van der Waals surface area contributed by atoms with Crippen molar-refractivity contribution in [2.45, 2.75) is 17.5 Å². The van der Waals surface area contributed by atoms with Crippen LogP contribution >= 0.6 is 0 Å². The molecule has 0 unspecified atom stereocenters. The summed E-state index contributed by atoms with van der Waals surface area (Å²) in [6, 6.07) is 9.07. The van der Waals surface area contributed by atoms with Gasteiger partial charge < -0.3 is 4.90 Å². The molecule has 0 bridgehead atoms. The van der Waals surface area contributed by atoms with Crippen LogP contribution in [0, 0.1) is 11.7 Å². The van der Waals surface area contributed by atoms with Crippen molar-refractivity contribution in [3.8, 4) is 0 Å². The van der Waals surface area contributed by atoms with E-state index in [0.29, 0.717) is 13.1 Å². The zero-order valence-corrected chi connectivity index (χ0v) is 16.4. The molecule has 27 heavy (non-hydrogen) atoms. The Morgan fingerprint density at radius 3 is 2.67 bits per heavy atom. The number of hydrogen-bond donors (Lipinski definition) is 1. The summed E-state index contributed by atoms with van der Waals surface area (Å²) in [5, 5.41) is 0. The van der Waals surface area contributed by atoms with E-state index >= 15 is 0 Å². The van der Waals surface area contributed by atoms with Crippen LogP contribution in [0.4, 0.5) is 4.39 Å². The van der Waals surface area contributed by atoms with E-state index in [9.17, 15) is 12.8 Å². The number of nitrogens with one attached hydrogen (secondary N) is 1. The van der Waals surface area contributed by atoms with Gasteiger partial charge in [-0.2, -0.15) is 0 Å². The van der Waals surface area contributed by atoms with Gasteiger partial charge in [-0.3, -0.25) is 9.88 Å². The van der Waals surface area contributed by atoms with Crippen LogP contribution in [0.3, 0.4) is 0 Å². The fraction of sp³-hybridized carbons (Fsp3) is 0.421. The summed E-state index contributed by atoms with van der Waals surface area (Å²) in [7, 11) is 0.00707. The number of halogens is 1. The average molecular weight is 393 g/mol. The zero-order valence-electron chi connectivity index (χ0n) is 15.5. The summed E-state index contributed by atoms with van der Waals surface area (Å²) in [5.74, 6) is -0.627. The van der Waals surface area contributed by atoms with Crippen molar-refractivity contribution in [1.82, 2.24) is 19.5 Å². The minimum atomic E-state index is -3.92. The molecule has 1 aliphatic rings. The normalized spacial score (nSPS) is 21.0. The van der Waals surface area contributed by atoms with Crippen molar-refractivity contribution in [2.24, 2.45) is 5.92 Å². The van der Waals surface area contributed by atoms with Gasteiger partial charge in [-0.15, -0.1) is 0 Å². The van der Waals surface area contributed by atoms with E-state index in [-0.39, 0.29) is 16.9 Å². The lowest BCUT2D eigenvalue weighted by Crippen LogP contribution is -2.43. The Kier molecular flexibility index (Phi) is 6.21. The number of hydrogen-bond acceptors (Lipinski definition) is 5. The molecule has 1 N–H and O–H groups in total. The summed E-state index contributed by atoms with van der Waals surface area (Å²) in [6.45, 7) is 2.78. The Bertz CT molecular complexity index is 861. The molecule has 1 fully saturated rings. The maximum atomic E-state index is 14.0. The van der Waals surface area contributed by atoms with Gasteiger partial charge in [0.05, 0.1) is 0 Å². The summed E-state index contributed by atoms with van der Waals surface area (Å²) in [5.41, 5.74) is 1.08. The molecular formula is C19H25FN4O2S. The van der Waals surface area contributed by atoms with Crippen LogP contribution in [0.5, 0.6) is 0 Å². The van der Waals surface area contributed by atoms with Gasteiger partial charge in [-0.25, -0.2) is 17.5 Å². The summed E-state index contributed by atoms with van der Waals surface area (Å²) >= 11 is 0. The first-order valence-corrected chi connectivity index (χ1v) is 10.4. The van der Waals surface area contributed by atoms with E-state index in [1.165, 1.54) is 18.2 Å². The highest BCUT2D eigenvalue weighted by Gasteiger charge is 2.36. The largest absolute Gasteiger partial charge is 0.309 e. The van der Waals surface area contributed by atoms with E-state index in [4.69, 9.17) is 0 Å². The van der Waals surface area contributed by atoms with Crippen molar-refractivity contribution in [1.29, 1.82) is 0 Å². The number of sulfonamides is 1. The number of likely N-dealkylation sites (tertiary alicyclic amines) is 1. The maximum Gasteiger partial charge on any atom is 0.243 e. The summed E-state index contributed by atoms with van der Waals surface area (Å²) < 4.78 is 42.1. The molecule has 0 aliphatic carbocycles. The first-order chi connectivity index (χ1) is 12.8. The van der Waals surface area contributed by atoms with Crippen LogP contribution in [0.25, 0.3) is 0 Å². The molecule has 0 spiro atoms. The van der Waals surface area contributed by atoms with Crippen LogP contribution in [-0.2, 0) is 16.6 Å². The van der Waals surface area contributed by atoms with Crippen LogP contribution in [0.15, 0.2) is 53.7 Å². The highest BCUT2D eigenvalue weighted by Crippen LogP contribution is 2.23. The molecule has 2 heterocycles. The highest BCUT2D eigenvalue weighted by atomic mass is 32.2. The molecule has 146 valence electrons. The topological polar surface area (TPSA) is 65.5 Å². The predicted octanol–water partition coefficient (Wildman–Crippen LogP) is 1.56. The molecule has 1 aliphatic heterocycles. The Labute approximate surface area is 160 Å². The van der Waals surface area contributed by atoms with Gasteiger partial charge in [0.2, 0.25) is 10.0 Å². The number of aromatic nitrogens is 1. The third-order valence-corrected chi connectivity index (χ3v) is 6.20. The second kappa shape index (κ2) is 8.43. The van der Waals surface area contributed by atoms with Gasteiger partial charge in [0.1, 0.15) is 10.7 Å². The van der Waals surface area contributed by atoms with Crippen LogP contribution in [0.1, 0.15) is 5.56 Å². The van der Waals surface area contributed by atoms with Gasteiger partial charge in [0, 0.05) is 50.5 Å². The van der Waals surface area contributed by atoms with Crippen molar-refractivity contribution in [3.05, 3.63) is 60.2 Å². The van der Waals surface area contributed by atoms with E-state index in [1.807, 2.05) is 37.3 Å². The van der Waals surface area contributed by atoms with Gasteiger partial charge in [-0.05, 0) is 37.9 Å². The predicted molar refractivity (Wildman–Crippen MR) is 102 cm³/mol. The maximum absolute atomic E-state index is 14.0. The molecule has 8 heteroatoms. The molecule has 1 aromatic carbocycles. The summed E-state index contributed by atoms with van der Waals surface area (Å²) in [4.78, 5) is 8.08. The van der Waals surface area contributed by atoms with Crippen molar-refractivity contribution < 1.29 is 12.8 Å². The summed E-state index contributed by atoms with van der Waals surface area (Å²) in [6.07, 6.45) is 3.55. The number of benzene rings is 1. The Hall–Kier alpha value is -1.87.